The highest BCUT2D eigenvalue weighted by atomic mass is 16.5. The van der Waals surface area contributed by atoms with Crippen molar-refractivity contribution in [2.24, 2.45) is 5.73 Å². The average Bonchev–Trinajstić information content (AvgIpc) is 1.85. The van der Waals surface area contributed by atoms with Crippen LogP contribution in [0.25, 0.3) is 0 Å². The van der Waals surface area contributed by atoms with Crippen molar-refractivity contribution >= 4 is 5.97 Å². The second-order valence-electron chi connectivity index (χ2n) is 1.39. The van der Waals surface area contributed by atoms with Crippen LogP contribution in [0.15, 0.2) is 12.2 Å². The first-order valence-electron chi connectivity index (χ1n) is 2.84. The maximum atomic E-state index is 10.4. The molecule has 0 aliphatic carbocycles. The zero-order chi connectivity index (χ0) is 7.11. The minimum Gasteiger partial charge on any atom is -0.463 e. The molecule has 0 radical (unpaired) electrons. The molecule has 3 nitrogen and oxygen atoms in total. The number of carbonyl (C=O) groups excluding carboxylic acids is 1. The van der Waals surface area contributed by atoms with Gasteiger partial charge in [0.1, 0.15) is 0 Å². The summed E-state index contributed by atoms with van der Waals surface area (Å²) >= 11 is 0. The Morgan fingerprint density at radius 1 is 1.78 bits per heavy atom. The topological polar surface area (TPSA) is 52.3 Å². The van der Waals surface area contributed by atoms with E-state index in [0.717, 1.165) is 0 Å². The van der Waals surface area contributed by atoms with E-state index in [1.807, 2.05) is 0 Å². The van der Waals surface area contributed by atoms with E-state index in [2.05, 4.69) is 4.74 Å². The van der Waals surface area contributed by atoms with Crippen molar-refractivity contribution in [3.05, 3.63) is 12.2 Å². The van der Waals surface area contributed by atoms with E-state index in [9.17, 15) is 4.79 Å². The third kappa shape index (κ3) is 5.03. The summed E-state index contributed by atoms with van der Waals surface area (Å²) in [6.45, 7) is 2.54. The van der Waals surface area contributed by atoms with Crippen LogP contribution in [0, 0.1) is 0 Å². The second kappa shape index (κ2) is 5.31. The highest BCUT2D eigenvalue weighted by Crippen LogP contribution is 1.78. The molecular weight excluding hydrogens is 118 g/mol. The smallest absolute Gasteiger partial charge is 0.330 e. The van der Waals surface area contributed by atoms with Crippen molar-refractivity contribution in [3.8, 4) is 0 Å². The van der Waals surface area contributed by atoms with E-state index in [1.54, 1.807) is 13.0 Å². The lowest BCUT2D eigenvalue weighted by molar-refractivity contribution is -0.137. The number of rotatable bonds is 3. The molecule has 0 aromatic heterocycles. The Morgan fingerprint density at radius 2 is 2.44 bits per heavy atom. The Kier molecular flexibility index (Phi) is 4.82. The molecule has 0 atom stereocenters. The summed E-state index contributed by atoms with van der Waals surface area (Å²) in [5.74, 6) is -0.331. The van der Waals surface area contributed by atoms with Crippen LogP contribution in [0.2, 0.25) is 0 Å². The van der Waals surface area contributed by atoms with Crippen LogP contribution in [0.5, 0.6) is 0 Å². The minimum atomic E-state index is -0.331. The molecule has 0 aliphatic rings. The molecule has 0 rings (SSSR count). The van der Waals surface area contributed by atoms with E-state index in [1.165, 1.54) is 6.08 Å². The van der Waals surface area contributed by atoms with Crippen molar-refractivity contribution in [2.45, 2.75) is 6.92 Å². The van der Waals surface area contributed by atoms with Gasteiger partial charge in [-0.25, -0.2) is 4.79 Å². The molecule has 2 N–H and O–H groups in total. The predicted molar refractivity (Wildman–Crippen MR) is 34.8 cm³/mol. The fourth-order valence-corrected chi connectivity index (χ4v) is 0.355. The van der Waals surface area contributed by atoms with Crippen LogP contribution in [-0.2, 0) is 9.53 Å². The summed E-state index contributed by atoms with van der Waals surface area (Å²) in [6, 6.07) is 0. The van der Waals surface area contributed by atoms with E-state index in [0.29, 0.717) is 13.2 Å². The lowest BCUT2D eigenvalue weighted by Crippen LogP contribution is -2.01. The Labute approximate surface area is 54.5 Å². The highest BCUT2D eigenvalue weighted by Gasteiger charge is 1.89. The number of nitrogens with two attached hydrogens (primary N) is 1. The zero-order valence-corrected chi connectivity index (χ0v) is 5.46. The summed E-state index contributed by atoms with van der Waals surface area (Å²) < 4.78 is 4.56. The summed E-state index contributed by atoms with van der Waals surface area (Å²) in [5, 5.41) is 0. The number of hydrogen-bond acceptors (Lipinski definition) is 3. The van der Waals surface area contributed by atoms with Crippen LogP contribution in [0.1, 0.15) is 6.92 Å². The summed E-state index contributed by atoms with van der Waals surface area (Å²) in [7, 11) is 0. The number of ether oxygens (including phenoxy) is 1. The monoisotopic (exact) mass is 129 g/mol. The molecule has 0 aromatic rings. The fourth-order valence-electron chi connectivity index (χ4n) is 0.355. The second-order valence-corrected chi connectivity index (χ2v) is 1.39. The van der Waals surface area contributed by atoms with Crippen molar-refractivity contribution in [3.63, 3.8) is 0 Å². The van der Waals surface area contributed by atoms with Crippen molar-refractivity contribution in [1.29, 1.82) is 0 Å². The molecule has 52 valence electrons. The molecule has 0 saturated heterocycles. The third-order valence-electron chi connectivity index (χ3n) is 0.677. The van der Waals surface area contributed by atoms with Crippen LogP contribution in [0.4, 0.5) is 0 Å². The quantitative estimate of drug-likeness (QED) is 0.433. The van der Waals surface area contributed by atoms with Crippen LogP contribution in [0.3, 0.4) is 0 Å². The lowest BCUT2D eigenvalue weighted by atomic mass is 10.5. The van der Waals surface area contributed by atoms with Gasteiger partial charge >= 0.3 is 5.97 Å². The Balaban J connectivity index is 3.37. The standard InChI is InChI=1S/C6H11NO2/c1-2-9-6(8)4-3-5-7/h3-4H,2,5,7H2,1H3. The molecule has 0 heterocycles. The molecule has 3 heteroatoms. The Morgan fingerprint density at radius 3 is 2.89 bits per heavy atom. The van der Waals surface area contributed by atoms with Crippen molar-refractivity contribution in [1.82, 2.24) is 0 Å². The third-order valence-corrected chi connectivity index (χ3v) is 0.677. The summed E-state index contributed by atoms with van der Waals surface area (Å²) in [4.78, 5) is 10.4. The van der Waals surface area contributed by atoms with Gasteiger partial charge in [-0.05, 0) is 6.92 Å². The molecular formula is C6H11NO2. The zero-order valence-electron chi connectivity index (χ0n) is 5.46. The summed E-state index contributed by atoms with van der Waals surface area (Å²) in [5.41, 5.74) is 5.08. The van der Waals surface area contributed by atoms with E-state index in [4.69, 9.17) is 5.73 Å². The van der Waals surface area contributed by atoms with Gasteiger partial charge in [-0.1, -0.05) is 6.08 Å². The largest absolute Gasteiger partial charge is 0.463 e. The lowest BCUT2D eigenvalue weighted by Gasteiger charge is -1.92. The van der Waals surface area contributed by atoms with Gasteiger partial charge in [0.2, 0.25) is 0 Å². The van der Waals surface area contributed by atoms with Gasteiger partial charge in [0, 0.05) is 12.6 Å². The predicted octanol–water partition coefficient (Wildman–Crippen LogP) is 0.0644. The van der Waals surface area contributed by atoms with E-state index >= 15 is 0 Å². The normalized spacial score (nSPS) is 10.0. The van der Waals surface area contributed by atoms with Gasteiger partial charge in [0.25, 0.3) is 0 Å². The first kappa shape index (κ1) is 8.17. The van der Waals surface area contributed by atoms with Gasteiger partial charge < -0.3 is 10.5 Å². The molecule has 0 bridgehead atoms. The molecule has 0 amide bonds. The van der Waals surface area contributed by atoms with Gasteiger partial charge in [0.15, 0.2) is 0 Å². The number of carbonyl (C=O) groups is 1. The van der Waals surface area contributed by atoms with Crippen LogP contribution in [-0.4, -0.2) is 19.1 Å². The van der Waals surface area contributed by atoms with Gasteiger partial charge in [0.05, 0.1) is 6.61 Å². The molecule has 0 aliphatic heterocycles. The van der Waals surface area contributed by atoms with Crippen LogP contribution < -0.4 is 5.73 Å². The molecule has 0 aromatic carbocycles. The molecule has 0 spiro atoms. The van der Waals surface area contributed by atoms with Crippen molar-refractivity contribution < 1.29 is 9.53 Å². The minimum absolute atomic E-state index is 0.331. The summed E-state index contributed by atoms with van der Waals surface area (Å²) in [6.07, 6.45) is 2.88. The highest BCUT2D eigenvalue weighted by molar-refractivity contribution is 5.81. The molecule has 0 saturated carbocycles. The van der Waals surface area contributed by atoms with Gasteiger partial charge in [-0.2, -0.15) is 0 Å². The first-order valence-corrected chi connectivity index (χ1v) is 2.84. The van der Waals surface area contributed by atoms with Gasteiger partial charge in [-0.15, -0.1) is 0 Å². The molecule has 9 heavy (non-hydrogen) atoms. The Hall–Kier alpha value is -0.830. The molecule has 0 unspecified atom stereocenters. The maximum Gasteiger partial charge on any atom is 0.330 e. The number of esters is 1. The van der Waals surface area contributed by atoms with E-state index < -0.39 is 0 Å². The maximum absolute atomic E-state index is 10.4. The fraction of sp³-hybridized carbons (Fsp3) is 0.500. The molecule has 0 fully saturated rings. The van der Waals surface area contributed by atoms with Crippen LogP contribution >= 0.6 is 0 Å². The number of hydrogen-bond donors (Lipinski definition) is 1. The van der Waals surface area contributed by atoms with Gasteiger partial charge in [-0.3, -0.25) is 0 Å². The SMILES string of the molecule is CCOC(=O)C=CCN. The average molecular weight is 129 g/mol. The first-order chi connectivity index (χ1) is 4.31. The van der Waals surface area contributed by atoms with Crippen molar-refractivity contribution in [2.75, 3.05) is 13.2 Å². The van der Waals surface area contributed by atoms with E-state index in [-0.39, 0.29) is 5.97 Å². The Bertz CT molecular complexity index is 110.